The van der Waals surface area contributed by atoms with E-state index in [0.717, 1.165) is 35.2 Å². The highest BCUT2D eigenvalue weighted by atomic mass is 19.1. The molecule has 0 aliphatic carbocycles. The van der Waals surface area contributed by atoms with Crippen LogP contribution in [0.2, 0.25) is 0 Å². The summed E-state index contributed by atoms with van der Waals surface area (Å²) in [6, 6.07) is 8.22. The smallest absolute Gasteiger partial charge is 0.256 e. The van der Waals surface area contributed by atoms with E-state index in [4.69, 9.17) is 4.98 Å². The summed E-state index contributed by atoms with van der Waals surface area (Å²) in [5.74, 6) is 0.354. The Hall–Kier alpha value is -3.15. The van der Waals surface area contributed by atoms with Crippen molar-refractivity contribution in [3.63, 3.8) is 0 Å². The molecule has 1 saturated heterocycles. The lowest BCUT2D eigenvalue weighted by molar-refractivity contribution is 0.0642. The molecule has 0 N–H and O–H groups in total. The van der Waals surface area contributed by atoms with Gasteiger partial charge in [-0.2, -0.15) is 0 Å². The number of benzene rings is 1. The van der Waals surface area contributed by atoms with Crippen molar-refractivity contribution in [3.8, 4) is 11.4 Å². The van der Waals surface area contributed by atoms with Gasteiger partial charge in [-0.25, -0.2) is 14.4 Å². The summed E-state index contributed by atoms with van der Waals surface area (Å²) in [5, 5.41) is 0. The number of hydrogen-bond donors (Lipinski definition) is 0. The number of hydrogen-bond acceptors (Lipinski definition) is 4. The van der Waals surface area contributed by atoms with Gasteiger partial charge in [0.2, 0.25) is 0 Å². The topological polar surface area (TPSA) is 59.0 Å². The molecule has 2 aliphatic rings. The fourth-order valence-electron chi connectivity index (χ4n) is 4.35. The Labute approximate surface area is 162 Å². The van der Waals surface area contributed by atoms with Crippen molar-refractivity contribution < 1.29 is 9.18 Å². The molecule has 2 atom stereocenters. The zero-order valence-electron chi connectivity index (χ0n) is 15.5. The molecule has 5 nitrogen and oxygen atoms in total. The minimum absolute atomic E-state index is 0.00289. The van der Waals surface area contributed by atoms with E-state index in [9.17, 15) is 9.18 Å². The predicted molar refractivity (Wildman–Crippen MR) is 102 cm³/mol. The van der Waals surface area contributed by atoms with Crippen LogP contribution in [0.4, 0.5) is 4.39 Å². The molecule has 6 heteroatoms. The van der Waals surface area contributed by atoms with Crippen LogP contribution in [0.1, 0.15) is 46.1 Å². The second-order valence-corrected chi connectivity index (χ2v) is 7.46. The highest BCUT2D eigenvalue weighted by Crippen LogP contribution is 2.44. The average molecular weight is 374 g/mol. The van der Waals surface area contributed by atoms with Crippen molar-refractivity contribution in [1.29, 1.82) is 0 Å². The summed E-state index contributed by atoms with van der Waals surface area (Å²) < 4.78 is 13.2. The fraction of sp³-hybridized carbons (Fsp3) is 0.273. The highest BCUT2D eigenvalue weighted by molar-refractivity contribution is 5.96. The van der Waals surface area contributed by atoms with E-state index in [1.54, 1.807) is 24.5 Å². The maximum atomic E-state index is 13.2. The first-order valence-electron chi connectivity index (χ1n) is 9.47. The molecule has 140 valence electrons. The second kappa shape index (κ2) is 6.48. The number of carbonyl (C=O) groups excluding carboxylic acids is 1. The molecule has 0 saturated carbocycles. The third-order valence-corrected chi connectivity index (χ3v) is 5.80. The lowest BCUT2D eigenvalue weighted by atomic mass is 9.97. The van der Waals surface area contributed by atoms with Gasteiger partial charge in [-0.3, -0.25) is 9.78 Å². The number of carbonyl (C=O) groups is 1. The minimum Gasteiger partial charge on any atom is -0.328 e. The first-order valence-corrected chi connectivity index (χ1v) is 9.47. The Kier molecular flexibility index (Phi) is 3.93. The Bertz CT molecular complexity index is 1070. The van der Waals surface area contributed by atoms with Crippen molar-refractivity contribution in [1.82, 2.24) is 19.9 Å². The van der Waals surface area contributed by atoms with Crippen LogP contribution in [0.25, 0.3) is 11.4 Å². The van der Waals surface area contributed by atoms with Gasteiger partial charge in [0, 0.05) is 42.2 Å². The molecule has 1 aromatic carbocycles. The third-order valence-electron chi connectivity index (χ3n) is 5.80. The van der Waals surface area contributed by atoms with Gasteiger partial charge in [0.1, 0.15) is 5.82 Å². The summed E-state index contributed by atoms with van der Waals surface area (Å²) in [4.78, 5) is 28.6. The quantitative estimate of drug-likeness (QED) is 0.683. The first kappa shape index (κ1) is 17.0. The molecule has 2 bridgehead atoms. The van der Waals surface area contributed by atoms with Gasteiger partial charge in [-0.15, -0.1) is 0 Å². The van der Waals surface area contributed by atoms with Gasteiger partial charge in [0.15, 0.2) is 5.82 Å². The lowest BCUT2D eigenvalue weighted by Crippen LogP contribution is -2.42. The molecule has 2 aliphatic heterocycles. The summed E-state index contributed by atoms with van der Waals surface area (Å²) in [6.45, 7) is 1.94. The zero-order chi connectivity index (χ0) is 19.3. The van der Waals surface area contributed by atoms with Crippen molar-refractivity contribution in [2.75, 3.05) is 0 Å². The van der Waals surface area contributed by atoms with Crippen LogP contribution in [0.3, 0.4) is 0 Å². The highest BCUT2D eigenvalue weighted by Gasteiger charge is 2.44. The number of aromatic nitrogens is 3. The van der Waals surface area contributed by atoms with E-state index in [0.29, 0.717) is 17.8 Å². The monoisotopic (exact) mass is 374 g/mol. The molecular formula is C22H19FN4O. The Morgan fingerprint density at radius 3 is 2.75 bits per heavy atom. The van der Waals surface area contributed by atoms with Crippen LogP contribution in [-0.2, 0) is 6.42 Å². The van der Waals surface area contributed by atoms with Crippen LogP contribution >= 0.6 is 0 Å². The van der Waals surface area contributed by atoms with E-state index >= 15 is 0 Å². The van der Waals surface area contributed by atoms with Gasteiger partial charge >= 0.3 is 0 Å². The molecule has 5 rings (SSSR count). The van der Waals surface area contributed by atoms with Crippen molar-refractivity contribution >= 4 is 5.91 Å². The van der Waals surface area contributed by atoms with Gasteiger partial charge < -0.3 is 4.90 Å². The molecule has 0 radical (unpaired) electrons. The van der Waals surface area contributed by atoms with Gasteiger partial charge in [-0.05, 0) is 55.7 Å². The number of rotatable bonds is 2. The fourth-order valence-corrected chi connectivity index (χ4v) is 4.35. The number of pyridine rings is 1. The zero-order valence-corrected chi connectivity index (χ0v) is 15.5. The van der Waals surface area contributed by atoms with Crippen molar-refractivity contribution in [2.45, 2.75) is 38.3 Å². The number of amides is 1. The maximum absolute atomic E-state index is 13.2. The minimum atomic E-state index is -0.278. The summed E-state index contributed by atoms with van der Waals surface area (Å²) in [6.07, 6.45) is 7.79. The van der Waals surface area contributed by atoms with Crippen molar-refractivity contribution in [3.05, 3.63) is 77.1 Å². The molecule has 3 aromatic rings. The summed E-state index contributed by atoms with van der Waals surface area (Å²) >= 11 is 0. The second-order valence-electron chi connectivity index (χ2n) is 7.46. The largest absolute Gasteiger partial charge is 0.328 e. The van der Waals surface area contributed by atoms with Gasteiger partial charge in [0.05, 0.1) is 17.3 Å². The van der Waals surface area contributed by atoms with Crippen LogP contribution < -0.4 is 0 Å². The van der Waals surface area contributed by atoms with Crippen LogP contribution in [-0.4, -0.2) is 31.8 Å². The van der Waals surface area contributed by atoms with E-state index in [1.165, 1.54) is 12.1 Å². The average Bonchev–Trinajstić information content (AvgIpc) is 3.03. The van der Waals surface area contributed by atoms with Gasteiger partial charge in [0.25, 0.3) is 5.91 Å². The number of nitrogens with zero attached hydrogens (tertiary/aromatic N) is 4. The molecule has 1 fully saturated rings. The summed E-state index contributed by atoms with van der Waals surface area (Å²) in [5.41, 5.74) is 4.41. The Morgan fingerprint density at radius 2 is 1.96 bits per heavy atom. The molecular weight excluding hydrogens is 355 g/mol. The van der Waals surface area contributed by atoms with Crippen LogP contribution in [0, 0.1) is 12.7 Å². The maximum Gasteiger partial charge on any atom is 0.256 e. The van der Waals surface area contributed by atoms with Crippen LogP contribution in [0.5, 0.6) is 0 Å². The molecule has 28 heavy (non-hydrogen) atoms. The van der Waals surface area contributed by atoms with Crippen molar-refractivity contribution in [2.24, 2.45) is 0 Å². The molecule has 0 unspecified atom stereocenters. The number of halogens is 1. The summed E-state index contributed by atoms with van der Waals surface area (Å²) in [7, 11) is 0. The third kappa shape index (κ3) is 2.68. The normalized spacial score (nSPS) is 20.1. The molecule has 2 aromatic heterocycles. The predicted octanol–water partition coefficient (Wildman–Crippen LogP) is 3.89. The Balaban J connectivity index is 1.50. The standard InChI is InChI=1S/C22H19FN4O/c1-13-8-9-24-11-17(13)22(28)27-16-6-7-20(27)18-12-25-21(26-19(18)10-16)14-2-4-15(23)5-3-14/h2-5,8-9,11-12,16,20H,6-7,10H2,1H3/t16-,20+/m0/s1. The Morgan fingerprint density at radius 1 is 1.14 bits per heavy atom. The first-order chi connectivity index (χ1) is 13.6. The number of aryl methyl sites for hydroxylation is 1. The van der Waals surface area contributed by atoms with Gasteiger partial charge in [-0.1, -0.05) is 0 Å². The van der Waals surface area contributed by atoms with E-state index < -0.39 is 0 Å². The van der Waals surface area contributed by atoms with E-state index in [-0.39, 0.29) is 23.8 Å². The van der Waals surface area contributed by atoms with E-state index in [2.05, 4.69) is 9.97 Å². The van der Waals surface area contributed by atoms with E-state index in [1.807, 2.05) is 24.1 Å². The molecule has 1 amide bonds. The number of fused-ring (bicyclic) bond motifs is 4. The SMILES string of the molecule is Cc1ccncc1C(=O)N1[C@H]2CC[C@@H]1c1cnc(-c3ccc(F)cc3)nc1C2. The van der Waals surface area contributed by atoms with Crippen LogP contribution in [0.15, 0.2) is 48.9 Å². The lowest BCUT2D eigenvalue weighted by Gasteiger charge is -2.36. The molecule has 4 heterocycles. The molecule has 0 spiro atoms.